The molecule has 2 N–H and O–H groups in total. The molecule has 3 aliphatic rings. The van der Waals surface area contributed by atoms with Crippen molar-refractivity contribution in [3.63, 3.8) is 0 Å². The Morgan fingerprint density at radius 3 is 2.47 bits per heavy atom. The molecule has 32 heavy (non-hydrogen) atoms. The number of nitrogens with zero attached hydrogens (tertiary/aromatic N) is 3. The van der Waals surface area contributed by atoms with E-state index in [2.05, 4.69) is 5.10 Å². The van der Waals surface area contributed by atoms with Crippen molar-refractivity contribution in [2.45, 2.75) is 44.4 Å². The summed E-state index contributed by atoms with van der Waals surface area (Å²) in [6.07, 6.45) is 7.28. The first-order valence-electron chi connectivity index (χ1n) is 10.2. The highest BCUT2D eigenvalue weighted by molar-refractivity contribution is 7.87. The van der Waals surface area contributed by atoms with Crippen LogP contribution >= 0.6 is 0 Å². The van der Waals surface area contributed by atoms with Gasteiger partial charge in [-0.05, 0) is 55.3 Å². The van der Waals surface area contributed by atoms with Crippen LogP contribution in [0, 0.1) is 11.6 Å². The van der Waals surface area contributed by atoms with Gasteiger partial charge in [0.1, 0.15) is 34.4 Å². The van der Waals surface area contributed by atoms with Crippen LogP contribution in [0.2, 0.25) is 0 Å². The molecule has 1 unspecified atom stereocenters. The molecule has 0 aliphatic carbocycles. The topological polar surface area (TPSA) is 92.8 Å². The fourth-order valence-corrected chi connectivity index (χ4v) is 5.98. The summed E-state index contributed by atoms with van der Waals surface area (Å²) in [7, 11) is -3.96. The molecule has 7 nitrogen and oxygen atoms in total. The van der Waals surface area contributed by atoms with Gasteiger partial charge in [0.2, 0.25) is 0 Å². The minimum Gasteiger partial charge on any atom is -0.365 e. The highest BCUT2D eigenvalue weighted by Gasteiger charge is 2.57. The van der Waals surface area contributed by atoms with Crippen molar-refractivity contribution in [1.29, 1.82) is 0 Å². The van der Waals surface area contributed by atoms with Crippen molar-refractivity contribution in [1.82, 2.24) is 4.90 Å². The van der Waals surface area contributed by atoms with Gasteiger partial charge in [0.15, 0.2) is 5.70 Å². The van der Waals surface area contributed by atoms with Crippen molar-refractivity contribution in [3.05, 3.63) is 70.7 Å². The Balaban J connectivity index is 1.81. The molecule has 3 aliphatic heterocycles. The van der Waals surface area contributed by atoms with E-state index >= 15 is 0 Å². The second-order valence-corrected chi connectivity index (χ2v) is 11.8. The number of fused-ring (bicyclic) bond motifs is 1. The van der Waals surface area contributed by atoms with Gasteiger partial charge in [-0.1, -0.05) is 5.10 Å². The van der Waals surface area contributed by atoms with E-state index in [1.165, 1.54) is 24.5 Å². The minimum atomic E-state index is -3.96. The van der Waals surface area contributed by atoms with E-state index in [0.717, 1.165) is 12.5 Å². The van der Waals surface area contributed by atoms with Crippen LogP contribution in [0.3, 0.4) is 0 Å². The number of hydrogen-bond acceptors (Lipinski definition) is 5. The molecule has 0 saturated carbocycles. The molecule has 1 aromatic rings. The highest BCUT2D eigenvalue weighted by atomic mass is 32.2. The first kappa shape index (κ1) is 22.3. The standard InChI is InChI=1S/C22H24F2N4O3S/c1-22(2,3)32(30,31)28-8-6-17(12-20(28)18(13-26-28)21(25)29)27-7-4-5-19(27)14-9-15(23)11-16(24)10-14/h6,8-13,19H,4-5,7H2,1-3H3,(H-,25,29)/p+1/t19?,28-/m1/s1. The van der Waals surface area contributed by atoms with Gasteiger partial charge in [-0.25, -0.2) is 8.78 Å². The smallest absolute Gasteiger partial charge is 0.335 e. The molecule has 0 spiro atoms. The summed E-state index contributed by atoms with van der Waals surface area (Å²) in [6, 6.07) is 3.13. The number of halogens is 2. The van der Waals surface area contributed by atoms with Crippen LogP contribution in [-0.4, -0.2) is 40.7 Å². The molecule has 2 atom stereocenters. The Morgan fingerprint density at radius 2 is 1.88 bits per heavy atom. The maximum atomic E-state index is 13.8. The number of benzene rings is 1. The van der Waals surface area contributed by atoms with E-state index in [1.807, 2.05) is 4.90 Å². The van der Waals surface area contributed by atoms with Gasteiger partial charge < -0.3 is 10.6 Å². The number of carbonyl (C=O) groups excluding carboxylic acids is 1. The number of sulfonamides is 1. The molecule has 0 aromatic heterocycles. The molecule has 0 radical (unpaired) electrons. The lowest BCUT2D eigenvalue weighted by Gasteiger charge is -2.35. The van der Waals surface area contributed by atoms with Crippen molar-refractivity contribution >= 4 is 22.1 Å². The Bertz CT molecular complexity index is 1210. The van der Waals surface area contributed by atoms with Crippen LogP contribution in [0.5, 0.6) is 0 Å². The fourth-order valence-electron chi connectivity index (χ4n) is 4.35. The second-order valence-electron chi connectivity index (χ2n) is 9.06. The summed E-state index contributed by atoms with van der Waals surface area (Å²) in [5.41, 5.74) is 6.78. The first-order chi connectivity index (χ1) is 14.9. The van der Waals surface area contributed by atoms with Gasteiger partial charge >= 0.3 is 10.0 Å². The van der Waals surface area contributed by atoms with Crippen LogP contribution in [0.1, 0.15) is 45.2 Å². The molecular weight excluding hydrogens is 438 g/mol. The van der Waals surface area contributed by atoms with Gasteiger partial charge in [0.05, 0.1) is 6.04 Å². The summed E-state index contributed by atoms with van der Waals surface area (Å²) < 4.78 is 52.5. The maximum Gasteiger partial charge on any atom is 0.335 e. The second kappa shape index (κ2) is 7.35. The van der Waals surface area contributed by atoms with E-state index in [-0.39, 0.29) is 17.3 Å². The predicted molar refractivity (Wildman–Crippen MR) is 116 cm³/mol. The summed E-state index contributed by atoms with van der Waals surface area (Å²) in [4.78, 5) is 14.0. The van der Waals surface area contributed by atoms with Gasteiger partial charge in [-0.2, -0.15) is 8.42 Å². The van der Waals surface area contributed by atoms with Crippen molar-refractivity contribution in [2.75, 3.05) is 6.54 Å². The number of amides is 1. The van der Waals surface area contributed by atoms with Crippen molar-refractivity contribution in [2.24, 2.45) is 10.8 Å². The summed E-state index contributed by atoms with van der Waals surface area (Å²) >= 11 is 0. The minimum absolute atomic E-state index is 0.00669. The quantitative estimate of drug-likeness (QED) is 0.694. The van der Waals surface area contributed by atoms with E-state index in [4.69, 9.17) is 5.73 Å². The SMILES string of the molecule is CC(C)(C)S(=O)(=O)[N@+]12C=CC(N3CCCC3c3cc(F)cc(F)c3)=CC1=C(C(N)=O)C=N2. The van der Waals surface area contributed by atoms with Crippen LogP contribution in [-0.2, 0) is 14.8 Å². The lowest BCUT2D eigenvalue weighted by molar-refractivity contribution is -0.711. The molecule has 1 fully saturated rings. The molecule has 3 heterocycles. The molecule has 0 bridgehead atoms. The molecule has 1 amide bonds. The highest BCUT2D eigenvalue weighted by Crippen LogP contribution is 2.44. The zero-order valence-corrected chi connectivity index (χ0v) is 18.9. The van der Waals surface area contributed by atoms with Crippen LogP contribution < -0.4 is 5.73 Å². The first-order valence-corrected chi connectivity index (χ1v) is 11.7. The zero-order chi connectivity index (χ0) is 23.5. The average Bonchev–Trinajstić information content (AvgIpc) is 3.31. The molecule has 4 rings (SSSR count). The van der Waals surface area contributed by atoms with Crippen LogP contribution in [0.25, 0.3) is 0 Å². The number of primary amides is 1. The van der Waals surface area contributed by atoms with Crippen LogP contribution in [0.15, 0.2) is 58.6 Å². The van der Waals surface area contributed by atoms with E-state index in [1.54, 1.807) is 32.9 Å². The van der Waals surface area contributed by atoms with E-state index in [9.17, 15) is 22.0 Å². The number of carbonyl (C=O) groups is 1. The zero-order valence-electron chi connectivity index (χ0n) is 18.0. The van der Waals surface area contributed by atoms with Gasteiger partial charge in [-0.15, -0.1) is 0 Å². The Kier molecular flexibility index (Phi) is 5.13. The number of rotatable bonds is 4. The molecule has 1 saturated heterocycles. The third-order valence-corrected chi connectivity index (χ3v) is 8.66. The Hall–Kier alpha value is -2.85. The third-order valence-electron chi connectivity index (χ3n) is 5.97. The summed E-state index contributed by atoms with van der Waals surface area (Å²) in [6.45, 7) is 5.29. The molecule has 10 heteroatoms. The van der Waals surface area contributed by atoms with E-state index < -0.39 is 36.3 Å². The number of hydrogen-bond donors (Lipinski definition) is 1. The molecule has 1 aromatic carbocycles. The monoisotopic (exact) mass is 463 g/mol. The van der Waals surface area contributed by atoms with Gasteiger partial charge in [0, 0.05) is 30.5 Å². The van der Waals surface area contributed by atoms with Gasteiger partial charge in [0.25, 0.3) is 5.91 Å². The maximum absolute atomic E-state index is 13.8. The summed E-state index contributed by atoms with van der Waals surface area (Å²) in [5.74, 6) is -2.10. The number of likely N-dealkylation sites (tertiary alicyclic amines) is 1. The number of nitrogens with two attached hydrogens (primary N) is 1. The number of allylic oxidation sites excluding steroid dienone is 2. The summed E-state index contributed by atoms with van der Waals surface area (Å²) in [5, 5.41) is 4.19. The van der Waals surface area contributed by atoms with Crippen molar-refractivity contribution in [3.8, 4) is 0 Å². The largest absolute Gasteiger partial charge is 0.365 e. The predicted octanol–water partition coefficient (Wildman–Crippen LogP) is 3.20. The Morgan fingerprint density at radius 1 is 1.22 bits per heavy atom. The van der Waals surface area contributed by atoms with Crippen LogP contribution in [0.4, 0.5) is 8.78 Å². The van der Waals surface area contributed by atoms with Gasteiger partial charge in [-0.3, -0.25) is 4.79 Å². The number of quaternary nitrogens is 1. The molecule has 170 valence electrons. The van der Waals surface area contributed by atoms with E-state index in [0.29, 0.717) is 24.2 Å². The lowest BCUT2D eigenvalue weighted by atomic mass is 10.0. The van der Waals surface area contributed by atoms with Crippen molar-refractivity contribution < 1.29 is 26.0 Å². The average molecular weight is 464 g/mol. The Labute approximate surface area is 185 Å². The third kappa shape index (κ3) is 3.29. The normalized spacial score (nSPS) is 25.3. The fraction of sp³-hybridized carbons (Fsp3) is 0.364. The lowest BCUT2D eigenvalue weighted by Crippen LogP contribution is -2.50. The molecular formula is C22H25F2N4O3S+.